The number of nitrogens with zero attached hydrogens (tertiary/aromatic N) is 1. The number of H-pyrrole nitrogens is 2. The summed E-state index contributed by atoms with van der Waals surface area (Å²) in [6.45, 7) is 7.12. The van der Waals surface area contributed by atoms with Crippen LogP contribution in [0.3, 0.4) is 0 Å². The molecular weight excluding hydrogens is 834 g/mol. The molecule has 2 aromatic heterocycles. The molecule has 2 aliphatic heterocycles. The van der Waals surface area contributed by atoms with Crippen LogP contribution in [0.4, 0.5) is 23.2 Å². The second-order valence-electron chi connectivity index (χ2n) is 13.4. The van der Waals surface area contributed by atoms with Crippen LogP contribution in [0.15, 0.2) is 99.2 Å². The lowest BCUT2D eigenvalue weighted by atomic mass is 9.81. The van der Waals surface area contributed by atoms with E-state index in [1.165, 1.54) is 36.4 Å². The monoisotopic (exact) mass is 877 g/mol. The molecule has 0 fully saturated rings. The van der Waals surface area contributed by atoms with Crippen LogP contribution < -0.4 is 10.2 Å². The smallest absolute Gasteiger partial charge is 0.135 e. The molecule has 3 N–H and O–H groups in total. The van der Waals surface area contributed by atoms with Crippen molar-refractivity contribution in [3.05, 3.63) is 146 Å². The van der Waals surface area contributed by atoms with Crippen molar-refractivity contribution in [3.8, 4) is 22.5 Å². The molecule has 0 amide bonds. The van der Waals surface area contributed by atoms with Crippen LogP contribution >= 0.6 is 15.9 Å². The van der Waals surface area contributed by atoms with E-state index >= 15 is 0 Å². The fourth-order valence-corrected chi connectivity index (χ4v) is 8.19. The fraction of sp³-hybridized carbons (Fsp3) is 0.238. The lowest BCUT2D eigenvalue weighted by Crippen LogP contribution is -2.30. The normalized spacial score (nSPS) is 14.0. The first-order chi connectivity index (χ1) is 27.3. The zero-order chi connectivity index (χ0) is 41.4. The van der Waals surface area contributed by atoms with Gasteiger partial charge in [0, 0.05) is 104 Å². The Labute approximate surface area is 347 Å². The molecular formula is C42H44B2BrF4N4O2S2-. The number of hydrogen-bond acceptors (Lipinski definition) is 4. The summed E-state index contributed by atoms with van der Waals surface area (Å²) in [5.74, 6) is -2.19. The van der Waals surface area contributed by atoms with Gasteiger partial charge in [0.05, 0.1) is 22.5 Å². The Morgan fingerprint density at radius 3 is 1.67 bits per heavy atom. The van der Waals surface area contributed by atoms with Gasteiger partial charge in [-0.3, -0.25) is 8.42 Å². The van der Waals surface area contributed by atoms with E-state index in [1.807, 2.05) is 62.4 Å². The molecule has 4 aromatic carbocycles. The molecule has 6 aromatic rings. The highest BCUT2D eigenvalue weighted by Gasteiger charge is 2.23. The van der Waals surface area contributed by atoms with Crippen molar-refractivity contribution in [2.75, 3.05) is 30.5 Å². The van der Waals surface area contributed by atoms with Crippen molar-refractivity contribution >= 4 is 58.7 Å². The largest absolute Gasteiger partial charge is 0.367 e. The van der Waals surface area contributed by atoms with Gasteiger partial charge in [0.25, 0.3) is 0 Å². The molecule has 0 aliphatic carbocycles. The summed E-state index contributed by atoms with van der Waals surface area (Å²) in [4.78, 5) is 10.2. The average Bonchev–Trinajstić information content (AvgIpc) is 3.81. The summed E-state index contributed by atoms with van der Waals surface area (Å²) < 4.78 is 79.2. The highest BCUT2D eigenvalue weighted by Crippen LogP contribution is 2.33. The highest BCUT2D eigenvalue weighted by atomic mass is 79.9. The molecule has 0 saturated carbocycles. The molecule has 0 spiro atoms. The van der Waals surface area contributed by atoms with Gasteiger partial charge in [-0.05, 0) is 109 Å². The van der Waals surface area contributed by atoms with E-state index in [1.54, 1.807) is 12.5 Å². The van der Waals surface area contributed by atoms with E-state index in [-0.39, 0.29) is 18.9 Å². The Hall–Kier alpha value is -4.17. The van der Waals surface area contributed by atoms with Crippen LogP contribution in [-0.4, -0.2) is 59.5 Å². The predicted molar refractivity (Wildman–Crippen MR) is 233 cm³/mol. The maximum Gasteiger partial charge on any atom is 0.135 e. The summed E-state index contributed by atoms with van der Waals surface area (Å²) in [5.41, 5.74) is 8.53. The summed E-state index contributed by atoms with van der Waals surface area (Å²) in [5, 5.41) is 3.23. The first-order valence-corrected chi connectivity index (χ1v) is 21.5. The number of halogens is 5. The standard InChI is InChI=1S/C21H20F2N2OS.C13H12F2N2.C8H9BrOS.B2H3/c1-13-10-15(27(2)26)6-7-20(13)25-9-8-18-14(12-25)11-19(24-18)21-16(22)4-3-5-17(21)23;14-9-2-1-3-10(15)13(9)12-6-8-7-16-5-4-11(8)17-12;1-6-5-7(11(2)10)3-4-8(6)9;1-2/h3-7,10-11,24H,8-9,12H2,1-2H3;1-3,6,16-17H,4-5,7H2;3-5H,1-2H3;1H3/q;;;-1. The maximum absolute atomic E-state index is 14.1. The Balaban J connectivity index is 0.000000176. The Kier molecular flexibility index (Phi) is 15.4. The number of aromatic amines is 2. The Morgan fingerprint density at radius 2 is 1.18 bits per heavy atom. The zero-order valence-corrected chi connectivity index (χ0v) is 34.6. The second-order valence-corrected chi connectivity index (χ2v) is 17.0. The number of aromatic nitrogens is 2. The molecule has 4 heterocycles. The molecule has 298 valence electrons. The third kappa shape index (κ3) is 10.7. The minimum Gasteiger partial charge on any atom is -0.367 e. The lowest BCUT2D eigenvalue weighted by Gasteiger charge is -2.30. The van der Waals surface area contributed by atoms with Gasteiger partial charge < -0.3 is 20.2 Å². The number of anilines is 1. The third-order valence-electron chi connectivity index (χ3n) is 9.61. The number of hydrogen-bond donors (Lipinski definition) is 3. The van der Waals surface area contributed by atoms with Crippen LogP contribution in [-0.2, 0) is 47.5 Å². The molecule has 2 radical (unpaired) electrons. The number of rotatable bonds is 5. The van der Waals surface area contributed by atoms with E-state index in [4.69, 9.17) is 7.74 Å². The molecule has 8 rings (SSSR count). The Bertz CT molecular complexity index is 2340. The van der Waals surface area contributed by atoms with Crippen molar-refractivity contribution in [2.45, 2.75) is 49.6 Å². The molecule has 2 aliphatic rings. The van der Waals surface area contributed by atoms with Gasteiger partial charge in [0.15, 0.2) is 0 Å². The molecule has 57 heavy (non-hydrogen) atoms. The topological polar surface area (TPSA) is 81.0 Å². The van der Waals surface area contributed by atoms with Crippen molar-refractivity contribution in [1.82, 2.24) is 15.3 Å². The highest BCUT2D eigenvalue weighted by molar-refractivity contribution is 9.10. The zero-order valence-electron chi connectivity index (χ0n) is 31.4. The quantitative estimate of drug-likeness (QED) is 0.121. The van der Waals surface area contributed by atoms with Gasteiger partial charge in [-0.2, -0.15) is 7.74 Å². The number of benzene rings is 4. The van der Waals surface area contributed by atoms with E-state index in [9.17, 15) is 26.0 Å². The van der Waals surface area contributed by atoms with E-state index in [0.717, 1.165) is 86.1 Å². The summed E-state index contributed by atoms with van der Waals surface area (Å²) >= 11 is 3.38. The lowest BCUT2D eigenvalue weighted by molar-refractivity contribution is 0.588. The van der Waals surface area contributed by atoms with Gasteiger partial charge in [0.1, 0.15) is 23.3 Å². The predicted octanol–water partition coefficient (Wildman–Crippen LogP) is 8.10. The molecule has 2 atom stereocenters. The fourth-order valence-electron chi connectivity index (χ4n) is 6.74. The van der Waals surface area contributed by atoms with Crippen molar-refractivity contribution in [3.63, 3.8) is 0 Å². The van der Waals surface area contributed by atoms with Crippen molar-refractivity contribution in [1.29, 1.82) is 0 Å². The van der Waals surface area contributed by atoms with E-state index in [0.29, 0.717) is 17.9 Å². The summed E-state index contributed by atoms with van der Waals surface area (Å²) in [7, 11) is 3.13. The third-order valence-corrected chi connectivity index (χ3v) is 12.3. The van der Waals surface area contributed by atoms with E-state index in [2.05, 4.69) is 36.1 Å². The van der Waals surface area contributed by atoms with Crippen LogP contribution in [0, 0.1) is 37.1 Å². The minimum absolute atomic E-state index is 0.00981. The van der Waals surface area contributed by atoms with Gasteiger partial charge in [-0.15, -0.1) is 0 Å². The molecule has 0 saturated heterocycles. The second kappa shape index (κ2) is 20.0. The van der Waals surface area contributed by atoms with Gasteiger partial charge >= 0.3 is 0 Å². The molecule has 2 unspecified atom stereocenters. The van der Waals surface area contributed by atoms with Gasteiger partial charge in [0.2, 0.25) is 0 Å². The van der Waals surface area contributed by atoms with Crippen LogP contribution in [0.25, 0.3) is 22.5 Å². The van der Waals surface area contributed by atoms with Crippen LogP contribution in [0.5, 0.6) is 0 Å². The van der Waals surface area contributed by atoms with Crippen molar-refractivity contribution < 1.29 is 26.0 Å². The number of nitrogens with one attached hydrogen (secondary N) is 3. The molecule has 15 heteroatoms. The first kappa shape index (κ1) is 43.9. The van der Waals surface area contributed by atoms with Crippen LogP contribution in [0.1, 0.15) is 33.6 Å². The van der Waals surface area contributed by atoms with Crippen molar-refractivity contribution in [2.24, 2.45) is 0 Å². The Morgan fingerprint density at radius 1 is 0.684 bits per heavy atom. The first-order valence-electron chi connectivity index (χ1n) is 17.6. The number of aryl methyl sites for hydroxylation is 2. The van der Waals surface area contributed by atoms with Crippen LogP contribution in [0.2, 0.25) is 0 Å². The van der Waals surface area contributed by atoms with Gasteiger partial charge in [-0.25, -0.2) is 17.6 Å². The van der Waals surface area contributed by atoms with E-state index < -0.39 is 44.9 Å². The average molecular weight is 878 g/mol. The van der Waals surface area contributed by atoms with Gasteiger partial charge in [-0.1, -0.05) is 35.8 Å². The molecule has 0 bridgehead atoms. The summed E-state index contributed by atoms with van der Waals surface area (Å²) in [6, 6.07) is 23.1. The summed E-state index contributed by atoms with van der Waals surface area (Å²) in [6.07, 6.45) is 4.99. The minimum atomic E-state index is -1.01. The SMILES string of the molecule is Cc1cc(S(C)=O)ccc1Br.Cc1cc(S(C)=O)ccc1N1CCc2[nH]c(-c3c(F)cccc3F)cc2C1.Fc1cccc(F)c1-c1cc2c([nH]1)CCNC2.[B][BH3-]. The maximum atomic E-state index is 14.1. The molecule has 6 nitrogen and oxygen atoms in total. The number of fused-ring (bicyclic) bond motifs is 2.